The molecule has 100 valence electrons. The second-order valence-electron chi connectivity index (χ2n) is 4.74. The Labute approximate surface area is 116 Å². The van der Waals surface area contributed by atoms with Crippen molar-refractivity contribution in [3.8, 4) is 0 Å². The molecule has 1 heterocycles. The molecule has 0 spiro atoms. The van der Waals surface area contributed by atoms with Gasteiger partial charge in [-0.3, -0.25) is 4.79 Å². The van der Waals surface area contributed by atoms with E-state index in [1.54, 1.807) is 6.07 Å². The van der Waals surface area contributed by atoms with Crippen LogP contribution in [0.25, 0.3) is 0 Å². The number of halogens is 1. The summed E-state index contributed by atoms with van der Waals surface area (Å²) in [5.74, 6) is 0.697. The zero-order valence-corrected chi connectivity index (χ0v) is 12.2. The van der Waals surface area contributed by atoms with E-state index in [0.717, 1.165) is 12.8 Å². The first-order chi connectivity index (χ1) is 8.74. The lowest BCUT2D eigenvalue weighted by molar-refractivity contribution is 0.0107. The second-order valence-corrected chi connectivity index (χ2v) is 5.59. The van der Waals surface area contributed by atoms with Crippen LogP contribution >= 0.6 is 15.9 Å². The number of ketones is 1. The van der Waals surface area contributed by atoms with Crippen molar-refractivity contribution < 1.29 is 13.9 Å². The van der Waals surface area contributed by atoms with Crippen LogP contribution in [-0.4, -0.2) is 18.5 Å². The third-order valence-electron chi connectivity index (χ3n) is 3.52. The molecule has 1 aromatic heterocycles. The SMILES string of the molecule is CCOC(C(=O)c1occc1Br)C1CCCCC1. The molecule has 0 amide bonds. The summed E-state index contributed by atoms with van der Waals surface area (Å²) >= 11 is 3.34. The third kappa shape index (κ3) is 3.04. The quantitative estimate of drug-likeness (QED) is 0.764. The number of furan rings is 1. The minimum absolute atomic E-state index is 0.0272. The van der Waals surface area contributed by atoms with E-state index in [-0.39, 0.29) is 11.9 Å². The smallest absolute Gasteiger partial charge is 0.228 e. The molecule has 1 atom stereocenters. The molecule has 1 unspecified atom stereocenters. The van der Waals surface area contributed by atoms with E-state index in [1.807, 2.05) is 6.92 Å². The molecule has 1 saturated carbocycles. The van der Waals surface area contributed by atoms with Crippen LogP contribution in [0.4, 0.5) is 0 Å². The van der Waals surface area contributed by atoms with Crippen LogP contribution < -0.4 is 0 Å². The Morgan fingerprint density at radius 2 is 2.22 bits per heavy atom. The number of carbonyl (C=O) groups is 1. The Morgan fingerprint density at radius 3 is 2.78 bits per heavy atom. The van der Waals surface area contributed by atoms with Gasteiger partial charge >= 0.3 is 0 Å². The summed E-state index contributed by atoms with van der Waals surface area (Å²) in [6.45, 7) is 2.49. The highest BCUT2D eigenvalue weighted by Crippen LogP contribution is 2.31. The minimum atomic E-state index is -0.349. The molecule has 0 aromatic carbocycles. The molecule has 0 saturated heterocycles. The molecule has 2 rings (SSSR count). The fourth-order valence-corrected chi connectivity index (χ4v) is 3.04. The first-order valence-electron chi connectivity index (χ1n) is 6.62. The molecular weight excluding hydrogens is 296 g/mol. The maximum atomic E-state index is 12.5. The van der Waals surface area contributed by atoms with E-state index in [4.69, 9.17) is 9.15 Å². The average molecular weight is 315 g/mol. The Bertz CT molecular complexity index is 393. The van der Waals surface area contributed by atoms with E-state index in [2.05, 4.69) is 15.9 Å². The van der Waals surface area contributed by atoms with Gasteiger partial charge in [0.05, 0.1) is 10.7 Å². The van der Waals surface area contributed by atoms with E-state index < -0.39 is 0 Å². The number of hydrogen-bond acceptors (Lipinski definition) is 3. The molecule has 3 nitrogen and oxygen atoms in total. The largest absolute Gasteiger partial charge is 0.460 e. The first-order valence-corrected chi connectivity index (χ1v) is 7.42. The molecule has 0 radical (unpaired) electrons. The zero-order chi connectivity index (χ0) is 13.0. The van der Waals surface area contributed by atoms with Crippen molar-refractivity contribution in [1.29, 1.82) is 0 Å². The highest BCUT2D eigenvalue weighted by molar-refractivity contribution is 9.10. The number of rotatable bonds is 5. The number of Topliss-reactive ketones (excluding diaryl/α,β-unsaturated/α-hetero) is 1. The van der Waals surface area contributed by atoms with E-state index >= 15 is 0 Å². The van der Waals surface area contributed by atoms with Crippen LogP contribution in [0.1, 0.15) is 49.6 Å². The minimum Gasteiger partial charge on any atom is -0.460 e. The van der Waals surface area contributed by atoms with Gasteiger partial charge in [0.25, 0.3) is 0 Å². The Morgan fingerprint density at radius 1 is 1.50 bits per heavy atom. The molecule has 0 aliphatic heterocycles. The van der Waals surface area contributed by atoms with Gasteiger partial charge in [0.1, 0.15) is 6.10 Å². The zero-order valence-electron chi connectivity index (χ0n) is 10.7. The maximum absolute atomic E-state index is 12.5. The normalized spacial score (nSPS) is 18.8. The molecule has 1 fully saturated rings. The highest BCUT2D eigenvalue weighted by atomic mass is 79.9. The van der Waals surface area contributed by atoms with Crippen molar-refractivity contribution in [2.75, 3.05) is 6.61 Å². The van der Waals surface area contributed by atoms with E-state index in [0.29, 0.717) is 22.8 Å². The van der Waals surface area contributed by atoms with E-state index in [9.17, 15) is 4.79 Å². The van der Waals surface area contributed by atoms with Crippen LogP contribution in [0.3, 0.4) is 0 Å². The van der Waals surface area contributed by atoms with Crippen molar-refractivity contribution in [1.82, 2.24) is 0 Å². The molecule has 1 aliphatic carbocycles. The van der Waals surface area contributed by atoms with Crippen molar-refractivity contribution in [3.63, 3.8) is 0 Å². The number of ether oxygens (including phenoxy) is 1. The molecule has 0 N–H and O–H groups in total. The topological polar surface area (TPSA) is 39.4 Å². The molecule has 1 aliphatic rings. The Balaban J connectivity index is 2.13. The standard InChI is InChI=1S/C14H19BrO3/c1-2-17-13(10-6-4-3-5-7-10)12(16)14-11(15)8-9-18-14/h8-10,13H,2-7H2,1H3. The van der Waals surface area contributed by atoms with Gasteiger partial charge in [-0.1, -0.05) is 19.3 Å². The van der Waals surface area contributed by atoms with Crippen LogP contribution in [0.15, 0.2) is 21.2 Å². The maximum Gasteiger partial charge on any atom is 0.228 e. The molecule has 1 aromatic rings. The highest BCUT2D eigenvalue weighted by Gasteiger charge is 2.33. The first kappa shape index (κ1) is 13.8. The van der Waals surface area contributed by atoms with Crippen molar-refractivity contribution in [2.24, 2.45) is 5.92 Å². The van der Waals surface area contributed by atoms with Gasteiger partial charge in [0, 0.05) is 6.61 Å². The summed E-state index contributed by atoms with van der Waals surface area (Å²) in [6.07, 6.45) is 7.00. The Hall–Kier alpha value is -0.610. The predicted octanol–water partition coefficient (Wildman–Crippen LogP) is 4.21. The summed E-state index contributed by atoms with van der Waals surface area (Å²) in [5.41, 5.74) is 0. The van der Waals surface area contributed by atoms with Gasteiger partial charge < -0.3 is 9.15 Å². The van der Waals surface area contributed by atoms with Gasteiger partial charge in [0.2, 0.25) is 5.78 Å². The molecule has 4 heteroatoms. The summed E-state index contributed by atoms with van der Waals surface area (Å²) in [5, 5.41) is 0. The van der Waals surface area contributed by atoms with Crippen LogP contribution in [0, 0.1) is 5.92 Å². The fraction of sp³-hybridized carbons (Fsp3) is 0.643. The molecular formula is C14H19BrO3. The molecule has 0 bridgehead atoms. The van der Waals surface area contributed by atoms with Gasteiger partial charge in [0.15, 0.2) is 5.76 Å². The summed E-state index contributed by atoms with van der Waals surface area (Å²) in [7, 11) is 0. The summed E-state index contributed by atoms with van der Waals surface area (Å²) in [6, 6.07) is 1.75. The van der Waals surface area contributed by atoms with Gasteiger partial charge in [-0.15, -0.1) is 0 Å². The third-order valence-corrected chi connectivity index (χ3v) is 4.15. The van der Waals surface area contributed by atoms with Gasteiger partial charge in [-0.05, 0) is 47.7 Å². The monoisotopic (exact) mass is 314 g/mol. The van der Waals surface area contributed by atoms with Crippen molar-refractivity contribution in [2.45, 2.75) is 45.1 Å². The second kappa shape index (κ2) is 6.53. The van der Waals surface area contributed by atoms with Crippen LogP contribution in [0.2, 0.25) is 0 Å². The number of hydrogen-bond donors (Lipinski definition) is 0. The predicted molar refractivity (Wildman–Crippen MR) is 72.7 cm³/mol. The van der Waals surface area contributed by atoms with Crippen LogP contribution in [0.5, 0.6) is 0 Å². The lowest BCUT2D eigenvalue weighted by Crippen LogP contribution is -2.34. The van der Waals surface area contributed by atoms with Crippen molar-refractivity contribution >= 4 is 21.7 Å². The van der Waals surface area contributed by atoms with Gasteiger partial charge in [-0.25, -0.2) is 0 Å². The average Bonchev–Trinajstić information content (AvgIpc) is 2.82. The lowest BCUT2D eigenvalue weighted by Gasteiger charge is -2.28. The van der Waals surface area contributed by atoms with Gasteiger partial charge in [-0.2, -0.15) is 0 Å². The Kier molecular flexibility index (Phi) is 5.01. The van der Waals surface area contributed by atoms with Crippen molar-refractivity contribution in [3.05, 3.63) is 22.6 Å². The number of carbonyl (C=O) groups excluding carboxylic acids is 1. The fourth-order valence-electron chi connectivity index (χ4n) is 2.64. The van der Waals surface area contributed by atoms with E-state index in [1.165, 1.54) is 25.5 Å². The summed E-state index contributed by atoms with van der Waals surface area (Å²) in [4.78, 5) is 12.5. The summed E-state index contributed by atoms with van der Waals surface area (Å²) < 4.78 is 11.7. The van der Waals surface area contributed by atoms with Crippen LogP contribution in [-0.2, 0) is 4.74 Å². The molecule has 18 heavy (non-hydrogen) atoms. The lowest BCUT2D eigenvalue weighted by atomic mass is 9.83.